The minimum Gasteiger partial charge on any atom is -0.497 e. The van der Waals surface area contributed by atoms with Crippen molar-refractivity contribution in [2.24, 2.45) is 5.73 Å². The van der Waals surface area contributed by atoms with Crippen LogP contribution in [0.4, 0.5) is 0 Å². The normalized spacial score (nSPS) is 12.3. The Labute approximate surface area is 111 Å². The number of ether oxygens (including phenoxy) is 1. The summed E-state index contributed by atoms with van der Waals surface area (Å²) in [5.74, 6) is -0.343. The van der Waals surface area contributed by atoms with Crippen molar-refractivity contribution in [1.29, 1.82) is 0 Å². The van der Waals surface area contributed by atoms with E-state index in [1.807, 2.05) is 24.3 Å². The van der Waals surface area contributed by atoms with E-state index in [0.29, 0.717) is 0 Å². The molecule has 0 aliphatic rings. The first-order chi connectivity index (χ1) is 9.15. The predicted molar refractivity (Wildman–Crippen MR) is 72.3 cm³/mol. The summed E-state index contributed by atoms with van der Waals surface area (Å²) in [5, 5.41) is 9.86. The van der Waals surface area contributed by atoms with Crippen LogP contribution in [0.2, 0.25) is 0 Å². The lowest BCUT2D eigenvalue weighted by atomic mass is 9.93. The van der Waals surface area contributed by atoms with E-state index >= 15 is 0 Å². The largest absolute Gasteiger partial charge is 0.497 e. The zero-order valence-corrected chi connectivity index (χ0v) is 10.7. The summed E-state index contributed by atoms with van der Waals surface area (Å²) in [4.78, 5) is 15.2. The van der Waals surface area contributed by atoms with Crippen molar-refractivity contribution >= 4 is 16.9 Å². The zero-order valence-electron chi connectivity index (χ0n) is 10.7. The van der Waals surface area contributed by atoms with Gasteiger partial charge in [-0.2, -0.15) is 0 Å². The molecule has 3 N–H and O–H groups in total. The van der Waals surface area contributed by atoms with Crippen LogP contribution in [0.25, 0.3) is 10.9 Å². The number of pyridine rings is 1. The Morgan fingerprint density at radius 2 is 2.26 bits per heavy atom. The number of rotatable bonds is 5. The lowest BCUT2D eigenvalue weighted by Gasteiger charge is -2.15. The maximum absolute atomic E-state index is 10.9. The van der Waals surface area contributed by atoms with Crippen LogP contribution in [-0.4, -0.2) is 29.7 Å². The molecule has 5 nitrogen and oxygen atoms in total. The highest BCUT2D eigenvalue weighted by Gasteiger charge is 2.16. The Morgan fingerprint density at radius 3 is 2.89 bits per heavy atom. The number of nitrogens with two attached hydrogens (primary N) is 1. The number of nitrogens with zero attached hydrogens (tertiary/aromatic N) is 1. The number of carboxylic acid groups (broad SMARTS) is 1. The molecule has 0 saturated carbocycles. The molecule has 1 aromatic carbocycles. The van der Waals surface area contributed by atoms with E-state index in [0.717, 1.165) is 22.2 Å². The molecule has 0 fully saturated rings. The topological polar surface area (TPSA) is 85.4 Å². The van der Waals surface area contributed by atoms with Crippen molar-refractivity contribution in [1.82, 2.24) is 4.98 Å². The van der Waals surface area contributed by atoms with E-state index in [4.69, 9.17) is 15.6 Å². The highest BCUT2D eigenvalue weighted by molar-refractivity contribution is 5.84. The number of carbonyl (C=O) groups is 1. The molecule has 100 valence electrons. The summed E-state index contributed by atoms with van der Waals surface area (Å²) in [5.41, 5.74) is 7.38. The number of fused-ring (bicyclic) bond motifs is 1. The van der Waals surface area contributed by atoms with Gasteiger partial charge in [-0.15, -0.1) is 0 Å². The molecule has 0 radical (unpaired) electrons. The average molecular weight is 260 g/mol. The van der Waals surface area contributed by atoms with Crippen LogP contribution in [0.15, 0.2) is 30.5 Å². The van der Waals surface area contributed by atoms with Crippen molar-refractivity contribution in [3.63, 3.8) is 0 Å². The first kappa shape index (κ1) is 13.3. The lowest BCUT2D eigenvalue weighted by Crippen LogP contribution is -2.16. The molecule has 19 heavy (non-hydrogen) atoms. The quantitative estimate of drug-likeness (QED) is 0.855. The predicted octanol–water partition coefficient (Wildman–Crippen LogP) is 1.76. The molecule has 1 aromatic heterocycles. The van der Waals surface area contributed by atoms with Gasteiger partial charge in [-0.05, 0) is 30.3 Å². The fraction of sp³-hybridized carbons (Fsp3) is 0.286. The SMILES string of the molecule is COc1ccc2c(C(CN)CC(=O)O)ccnc2c1. The van der Waals surface area contributed by atoms with Gasteiger partial charge in [0.15, 0.2) is 0 Å². The minimum atomic E-state index is -0.853. The van der Waals surface area contributed by atoms with Crippen LogP contribution in [-0.2, 0) is 4.79 Å². The zero-order chi connectivity index (χ0) is 13.8. The molecule has 0 bridgehead atoms. The fourth-order valence-electron chi connectivity index (χ4n) is 2.16. The highest BCUT2D eigenvalue weighted by atomic mass is 16.5. The minimum absolute atomic E-state index is 0.0155. The summed E-state index contributed by atoms with van der Waals surface area (Å²) in [6.45, 7) is 0.289. The van der Waals surface area contributed by atoms with Crippen LogP contribution in [0, 0.1) is 0 Å². The number of methoxy groups -OCH3 is 1. The van der Waals surface area contributed by atoms with Crippen LogP contribution in [0.5, 0.6) is 5.75 Å². The maximum Gasteiger partial charge on any atom is 0.304 e. The summed E-state index contributed by atoms with van der Waals surface area (Å²) >= 11 is 0. The number of aromatic nitrogens is 1. The van der Waals surface area contributed by atoms with Gasteiger partial charge >= 0.3 is 5.97 Å². The molecule has 0 spiro atoms. The molecular weight excluding hydrogens is 244 g/mol. The second-order valence-corrected chi connectivity index (χ2v) is 4.31. The fourth-order valence-corrected chi connectivity index (χ4v) is 2.16. The second-order valence-electron chi connectivity index (χ2n) is 4.31. The summed E-state index contributed by atoms with van der Waals surface area (Å²) in [6.07, 6.45) is 1.68. The molecular formula is C14H16N2O3. The third-order valence-corrected chi connectivity index (χ3v) is 3.13. The molecule has 1 heterocycles. The van der Waals surface area contributed by atoms with E-state index in [2.05, 4.69) is 4.98 Å². The van der Waals surface area contributed by atoms with E-state index in [1.165, 1.54) is 0 Å². The van der Waals surface area contributed by atoms with E-state index in [-0.39, 0.29) is 18.9 Å². The Hall–Kier alpha value is -2.14. The van der Waals surface area contributed by atoms with Crippen LogP contribution < -0.4 is 10.5 Å². The molecule has 0 aliphatic heterocycles. The van der Waals surface area contributed by atoms with E-state index < -0.39 is 5.97 Å². The van der Waals surface area contributed by atoms with Gasteiger partial charge in [0.25, 0.3) is 0 Å². The maximum atomic E-state index is 10.9. The van der Waals surface area contributed by atoms with Gasteiger partial charge in [0, 0.05) is 23.6 Å². The van der Waals surface area contributed by atoms with Gasteiger partial charge in [-0.3, -0.25) is 9.78 Å². The summed E-state index contributed by atoms with van der Waals surface area (Å²) in [6, 6.07) is 7.38. The van der Waals surface area contributed by atoms with Crippen molar-refractivity contribution in [3.05, 3.63) is 36.0 Å². The van der Waals surface area contributed by atoms with Gasteiger partial charge in [0.2, 0.25) is 0 Å². The second kappa shape index (κ2) is 5.67. The molecule has 1 atom stereocenters. The number of aliphatic carboxylic acids is 1. The monoisotopic (exact) mass is 260 g/mol. The smallest absolute Gasteiger partial charge is 0.304 e. The number of hydrogen-bond acceptors (Lipinski definition) is 4. The van der Waals surface area contributed by atoms with Crippen LogP contribution in [0.3, 0.4) is 0 Å². The standard InChI is InChI=1S/C14H16N2O3/c1-19-10-2-3-12-11(4-5-16-13(12)7-10)9(8-15)6-14(17)18/h2-5,7,9H,6,8,15H2,1H3,(H,17,18). The molecule has 0 saturated heterocycles. The molecule has 0 aliphatic carbocycles. The first-order valence-corrected chi connectivity index (χ1v) is 6.00. The third-order valence-electron chi connectivity index (χ3n) is 3.13. The average Bonchev–Trinajstić information content (AvgIpc) is 2.43. The van der Waals surface area contributed by atoms with Crippen molar-refractivity contribution < 1.29 is 14.6 Å². The van der Waals surface area contributed by atoms with E-state index in [1.54, 1.807) is 13.3 Å². The molecule has 5 heteroatoms. The molecule has 2 rings (SSSR count). The lowest BCUT2D eigenvalue weighted by molar-refractivity contribution is -0.137. The summed E-state index contributed by atoms with van der Waals surface area (Å²) < 4.78 is 5.15. The van der Waals surface area contributed by atoms with Gasteiger partial charge in [-0.25, -0.2) is 0 Å². The van der Waals surface area contributed by atoms with Crippen molar-refractivity contribution in [2.45, 2.75) is 12.3 Å². The number of benzene rings is 1. The number of carboxylic acids is 1. The molecule has 0 amide bonds. The summed E-state index contributed by atoms with van der Waals surface area (Å²) in [7, 11) is 1.60. The Balaban J connectivity index is 2.50. The molecule has 1 unspecified atom stereocenters. The van der Waals surface area contributed by atoms with Gasteiger partial charge in [-0.1, -0.05) is 0 Å². The Kier molecular flexibility index (Phi) is 3.97. The molecule has 2 aromatic rings. The van der Waals surface area contributed by atoms with Crippen LogP contribution >= 0.6 is 0 Å². The third kappa shape index (κ3) is 2.82. The first-order valence-electron chi connectivity index (χ1n) is 6.00. The van der Waals surface area contributed by atoms with Crippen LogP contribution in [0.1, 0.15) is 17.9 Å². The van der Waals surface area contributed by atoms with Gasteiger partial charge < -0.3 is 15.6 Å². The van der Waals surface area contributed by atoms with E-state index in [9.17, 15) is 4.79 Å². The Morgan fingerprint density at radius 1 is 1.47 bits per heavy atom. The highest BCUT2D eigenvalue weighted by Crippen LogP contribution is 2.28. The van der Waals surface area contributed by atoms with Gasteiger partial charge in [0.05, 0.1) is 19.0 Å². The van der Waals surface area contributed by atoms with Gasteiger partial charge in [0.1, 0.15) is 5.75 Å². The number of hydrogen-bond donors (Lipinski definition) is 2. The van der Waals surface area contributed by atoms with Crippen molar-refractivity contribution in [2.75, 3.05) is 13.7 Å². The van der Waals surface area contributed by atoms with Crippen molar-refractivity contribution in [3.8, 4) is 5.75 Å². The Bertz CT molecular complexity index is 598.